The van der Waals surface area contributed by atoms with Gasteiger partial charge in [0.25, 0.3) is 0 Å². The summed E-state index contributed by atoms with van der Waals surface area (Å²) in [5.41, 5.74) is 8.90. The number of hydrogen-bond acceptors (Lipinski definition) is 4. The van der Waals surface area contributed by atoms with E-state index in [1.165, 1.54) is 11.3 Å². The fourth-order valence-corrected chi connectivity index (χ4v) is 4.88. The summed E-state index contributed by atoms with van der Waals surface area (Å²) in [6.45, 7) is 6.09. The first-order valence-electron chi connectivity index (χ1n) is 6.09. The number of nitrogens with two attached hydrogens (primary N) is 1. The smallest absolute Gasteiger partial charge is 0.127 e. The monoisotopic (exact) mass is 282 g/mol. The second-order valence-electron chi connectivity index (χ2n) is 4.47. The topological polar surface area (TPSA) is 56.0 Å². The van der Waals surface area contributed by atoms with Gasteiger partial charge in [0.05, 0.1) is 16.5 Å². The molecule has 18 heavy (non-hydrogen) atoms. The molecular weight excluding hydrogens is 264 g/mol. The number of unbranched alkanes of at least 4 members (excludes halogenated alkanes) is 1. The van der Waals surface area contributed by atoms with Gasteiger partial charge in [0.15, 0.2) is 0 Å². The van der Waals surface area contributed by atoms with E-state index in [-0.39, 0.29) is 0 Å². The number of nitrogens with zero attached hydrogens (tertiary/aromatic N) is 1. The Morgan fingerprint density at radius 3 is 2.83 bits per heavy atom. The van der Waals surface area contributed by atoms with Crippen LogP contribution in [-0.4, -0.2) is 14.9 Å². The van der Waals surface area contributed by atoms with Crippen LogP contribution in [-0.2, 0) is 10.8 Å². The quantitative estimate of drug-likeness (QED) is 0.935. The zero-order valence-corrected chi connectivity index (χ0v) is 12.6. The third kappa shape index (κ3) is 2.42. The summed E-state index contributed by atoms with van der Waals surface area (Å²) in [5, 5.41) is 0.977. The van der Waals surface area contributed by atoms with Crippen LogP contribution >= 0.6 is 11.3 Å². The molecular formula is C13H18N2OS2. The van der Waals surface area contributed by atoms with Gasteiger partial charge in [-0.25, -0.2) is 4.98 Å². The molecule has 0 radical (unpaired) electrons. The highest BCUT2D eigenvalue weighted by Gasteiger charge is 2.17. The lowest BCUT2D eigenvalue weighted by Gasteiger charge is -2.01. The minimum Gasteiger partial charge on any atom is -0.396 e. The van der Waals surface area contributed by atoms with Gasteiger partial charge in [-0.2, -0.15) is 0 Å². The van der Waals surface area contributed by atoms with Gasteiger partial charge in [0, 0.05) is 16.8 Å². The zero-order valence-electron chi connectivity index (χ0n) is 10.9. The van der Waals surface area contributed by atoms with E-state index < -0.39 is 10.8 Å². The lowest BCUT2D eigenvalue weighted by atomic mass is 10.2. The first-order chi connectivity index (χ1) is 8.54. The highest BCUT2D eigenvalue weighted by molar-refractivity contribution is 7.87. The molecule has 0 amide bonds. The summed E-state index contributed by atoms with van der Waals surface area (Å²) in [7, 11) is -0.989. The molecule has 0 unspecified atom stereocenters. The molecule has 0 aliphatic rings. The van der Waals surface area contributed by atoms with Crippen molar-refractivity contribution in [3.8, 4) is 0 Å². The third-order valence-electron chi connectivity index (χ3n) is 2.88. The number of hydrogen-bond donors (Lipinski definition) is 1. The van der Waals surface area contributed by atoms with E-state index in [2.05, 4.69) is 11.9 Å². The fraction of sp³-hybridized carbons (Fsp3) is 0.462. The van der Waals surface area contributed by atoms with E-state index in [9.17, 15) is 4.21 Å². The van der Waals surface area contributed by atoms with Gasteiger partial charge in [0.2, 0.25) is 0 Å². The summed E-state index contributed by atoms with van der Waals surface area (Å²) in [6.07, 6.45) is 2.01. The first-order valence-corrected chi connectivity index (χ1v) is 8.22. The van der Waals surface area contributed by atoms with Gasteiger partial charge >= 0.3 is 0 Å². The molecule has 2 heterocycles. The number of fused-ring (bicyclic) bond motifs is 1. The van der Waals surface area contributed by atoms with Crippen LogP contribution in [0, 0.1) is 13.8 Å². The standard InChI is InChI=1S/C13H18N2OS2/c1-4-5-6-18(16)13-11(14)10-8(2)7-9(3)15-12(10)17-13/h7H,4-6,14H2,1-3H3/t18-/m0/s1. The first kappa shape index (κ1) is 13.5. The molecule has 0 saturated heterocycles. The van der Waals surface area contributed by atoms with Crippen molar-refractivity contribution >= 4 is 38.0 Å². The third-order valence-corrected chi connectivity index (χ3v) is 5.87. The van der Waals surface area contributed by atoms with Crippen molar-refractivity contribution in [3.63, 3.8) is 0 Å². The summed E-state index contributed by atoms with van der Waals surface area (Å²) in [6, 6.07) is 2.02. The second kappa shape index (κ2) is 5.36. The lowest BCUT2D eigenvalue weighted by Crippen LogP contribution is -1.98. The number of thiophene rings is 1. The molecule has 2 aromatic rings. The second-order valence-corrected chi connectivity index (χ2v) is 7.23. The Bertz CT molecular complexity index is 605. The number of pyridine rings is 1. The average Bonchev–Trinajstić information content (AvgIpc) is 2.63. The minimum atomic E-state index is -0.989. The molecule has 0 aliphatic heterocycles. The number of nitrogen functional groups attached to an aromatic ring is 1. The van der Waals surface area contributed by atoms with E-state index in [1.807, 2.05) is 19.9 Å². The molecule has 0 fully saturated rings. The molecule has 5 heteroatoms. The van der Waals surface area contributed by atoms with Gasteiger partial charge in [-0.15, -0.1) is 11.3 Å². The molecule has 0 saturated carbocycles. The van der Waals surface area contributed by atoms with Crippen molar-refractivity contribution in [3.05, 3.63) is 17.3 Å². The predicted octanol–water partition coefficient (Wildman–Crippen LogP) is 3.40. The molecule has 0 aliphatic carbocycles. The Labute approximate surface area is 114 Å². The van der Waals surface area contributed by atoms with Gasteiger partial charge < -0.3 is 5.73 Å². The van der Waals surface area contributed by atoms with Crippen molar-refractivity contribution < 1.29 is 4.21 Å². The molecule has 0 spiro atoms. The van der Waals surface area contributed by atoms with E-state index in [0.29, 0.717) is 11.4 Å². The molecule has 0 bridgehead atoms. The van der Waals surface area contributed by atoms with Crippen LogP contribution in [0.15, 0.2) is 10.3 Å². The SMILES string of the molecule is CCCC[S@](=O)c1sc2nc(C)cc(C)c2c1N. The van der Waals surface area contributed by atoms with Gasteiger partial charge in [0.1, 0.15) is 9.04 Å². The maximum atomic E-state index is 12.2. The molecule has 2 N–H and O–H groups in total. The lowest BCUT2D eigenvalue weighted by molar-refractivity contribution is 0.681. The molecule has 2 aromatic heterocycles. The Morgan fingerprint density at radius 1 is 1.44 bits per heavy atom. The summed E-state index contributed by atoms with van der Waals surface area (Å²) in [5.74, 6) is 0.686. The van der Waals surface area contributed by atoms with Crippen molar-refractivity contribution in [1.82, 2.24) is 4.98 Å². The molecule has 3 nitrogen and oxygen atoms in total. The Kier molecular flexibility index (Phi) is 4.02. The molecule has 2 rings (SSSR count). The van der Waals surface area contributed by atoms with Gasteiger partial charge in [-0.1, -0.05) is 13.3 Å². The van der Waals surface area contributed by atoms with E-state index in [1.54, 1.807) is 0 Å². The average molecular weight is 282 g/mol. The number of aromatic nitrogens is 1. The zero-order chi connectivity index (χ0) is 13.3. The number of anilines is 1. The minimum absolute atomic E-state index is 0.662. The Hall–Kier alpha value is -0.940. The number of rotatable bonds is 4. The van der Waals surface area contributed by atoms with Crippen molar-refractivity contribution in [2.45, 2.75) is 37.8 Å². The van der Waals surface area contributed by atoms with Crippen molar-refractivity contribution in [2.75, 3.05) is 11.5 Å². The van der Waals surface area contributed by atoms with Gasteiger partial charge in [-0.05, 0) is 31.9 Å². The van der Waals surface area contributed by atoms with Gasteiger partial charge in [-0.3, -0.25) is 4.21 Å². The van der Waals surface area contributed by atoms with Crippen LogP contribution in [0.5, 0.6) is 0 Å². The fourth-order valence-electron chi connectivity index (χ4n) is 1.99. The Balaban J connectivity index is 2.50. The van der Waals surface area contributed by atoms with Crippen molar-refractivity contribution in [1.29, 1.82) is 0 Å². The summed E-state index contributed by atoms with van der Waals surface area (Å²) in [4.78, 5) is 5.39. The predicted molar refractivity (Wildman–Crippen MR) is 79.7 cm³/mol. The molecule has 98 valence electrons. The molecule has 1 atom stereocenters. The highest BCUT2D eigenvalue weighted by atomic mass is 32.2. The van der Waals surface area contributed by atoms with Crippen LogP contribution in [0.3, 0.4) is 0 Å². The van der Waals surface area contributed by atoms with Crippen LogP contribution in [0.4, 0.5) is 5.69 Å². The normalized spacial score (nSPS) is 13.1. The van der Waals surface area contributed by atoms with Crippen LogP contribution in [0.25, 0.3) is 10.2 Å². The van der Waals surface area contributed by atoms with E-state index in [4.69, 9.17) is 5.73 Å². The largest absolute Gasteiger partial charge is 0.396 e. The van der Waals surface area contributed by atoms with Crippen molar-refractivity contribution in [2.24, 2.45) is 0 Å². The van der Waals surface area contributed by atoms with Crippen LogP contribution < -0.4 is 5.73 Å². The number of aryl methyl sites for hydroxylation is 2. The van der Waals surface area contributed by atoms with Crippen LogP contribution in [0.2, 0.25) is 0 Å². The Morgan fingerprint density at radius 2 is 2.17 bits per heavy atom. The molecule has 0 aromatic carbocycles. The maximum Gasteiger partial charge on any atom is 0.127 e. The summed E-state index contributed by atoms with van der Waals surface area (Å²) >= 11 is 1.47. The van der Waals surface area contributed by atoms with E-state index in [0.717, 1.165) is 38.5 Å². The highest BCUT2D eigenvalue weighted by Crippen LogP contribution is 2.37. The van der Waals surface area contributed by atoms with E-state index >= 15 is 0 Å². The summed E-state index contributed by atoms with van der Waals surface area (Å²) < 4.78 is 13.0. The van der Waals surface area contributed by atoms with Crippen LogP contribution in [0.1, 0.15) is 31.0 Å². The maximum absolute atomic E-state index is 12.2.